The minimum atomic E-state index is -4.43. The highest BCUT2D eigenvalue weighted by molar-refractivity contribution is 6.33. The number of rotatable bonds is 1. The molecule has 1 aromatic carbocycles. The van der Waals surface area contributed by atoms with E-state index >= 15 is 0 Å². The number of nitrogens with two attached hydrogens (primary N) is 1. The number of primary amides is 1. The van der Waals surface area contributed by atoms with Crippen LogP contribution in [0.25, 0.3) is 11.3 Å². The van der Waals surface area contributed by atoms with Gasteiger partial charge in [-0.05, 0) is 19.1 Å². The SMILES string of the molecule is CC(N)=O.Cc1cccc(-c2ncc(C(F)(F)F)cc2Cl)c1. The van der Waals surface area contributed by atoms with Gasteiger partial charge in [-0.2, -0.15) is 13.2 Å². The van der Waals surface area contributed by atoms with Crippen LogP contribution in [0.3, 0.4) is 0 Å². The third kappa shape index (κ3) is 5.37. The highest BCUT2D eigenvalue weighted by Crippen LogP contribution is 2.34. The molecule has 2 aromatic rings. The van der Waals surface area contributed by atoms with Gasteiger partial charge in [0, 0.05) is 18.7 Å². The smallest absolute Gasteiger partial charge is 0.370 e. The maximum Gasteiger partial charge on any atom is 0.417 e. The summed E-state index contributed by atoms with van der Waals surface area (Å²) in [5.74, 6) is -0.333. The molecule has 0 aliphatic rings. The standard InChI is InChI=1S/C13H9ClF3N.C2H5NO/c1-8-3-2-4-9(5-8)12-11(14)6-10(7-18-12)13(15,16)17;1-2(3)4/h2-7H,1H3;1H3,(H2,3,4). The van der Waals surface area contributed by atoms with Crippen molar-refractivity contribution < 1.29 is 18.0 Å². The van der Waals surface area contributed by atoms with Crippen LogP contribution in [-0.4, -0.2) is 10.9 Å². The molecule has 0 atom stereocenters. The molecule has 0 saturated heterocycles. The lowest BCUT2D eigenvalue weighted by molar-refractivity contribution is -0.137. The molecule has 0 fully saturated rings. The Morgan fingerprint density at radius 3 is 2.32 bits per heavy atom. The van der Waals surface area contributed by atoms with Gasteiger partial charge in [0.25, 0.3) is 0 Å². The van der Waals surface area contributed by atoms with E-state index in [0.717, 1.165) is 17.8 Å². The van der Waals surface area contributed by atoms with Gasteiger partial charge >= 0.3 is 6.18 Å². The normalized spacial score (nSPS) is 10.6. The first-order chi connectivity index (χ1) is 10.1. The van der Waals surface area contributed by atoms with Crippen LogP contribution in [0.5, 0.6) is 0 Å². The molecular formula is C15H14ClF3N2O. The molecule has 0 spiro atoms. The van der Waals surface area contributed by atoms with Crippen molar-refractivity contribution in [2.75, 3.05) is 0 Å². The molecule has 2 N–H and O–H groups in total. The van der Waals surface area contributed by atoms with E-state index < -0.39 is 11.7 Å². The Labute approximate surface area is 130 Å². The number of alkyl halides is 3. The molecule has 7 heteroatoms. The summed E-state index contributed by atoms with van der Waals surface area (Å²) in [5, 5.41) is -0.00424. The van der Waals surface area contributed by atoms with Gasteiger partial charge in [-0.15, -0.1) is 0 Å². The number of aryl methyl sites for hydroxylation is 1. The quantitative estimate of drug-likeness (QED) is 0.851. The van der Waals surface area contributed by atoms with Crippen LogP contribution in [0, 0.1) is 6.92 Å². The fourth-order valence-electron chi connectivity index (χ4n) is 1.60. The largest absolute Gasteiger partial charge is 0.417 e. The fraction of sp³-hybridized carbons (Fsp3) is 0.200. The van der Waals surface area contributed by atoms with Crippen LogP contribution in [0.4, 0.5) is 13.2 Å². The van der Waals surface area contributed by atoms with Crippen LogP contribution in [-0.2, 0) is 11.0 Å². The van der Waals surface area contributed by atoms with Crippen molar-refractivity contribution in [3.05, 3.63) is 52.7 Å². The molecule has 22 heavy (non-hydrogen) atoms. The first kappa shape index (κ1) is 18.0. The summed E-state index contributed by atoms with van der Waals surface area (Å²) in [6, 6.07) is 8.17. The van der Waals surface area contributed by atoms with E-state index in [0.29, 0.717) is 11.3 Å². The molecule has 1 heterocycles. The van der Waals surface area contributed by atoms with Gasteiger partial charge in [-0.1, -0.05) is 35.4 Å². The molecule has 0 aliphatic heterocycles. The monoisotopic (exact) mass is 330 g/mol. The zero-order chi connectivity index (χ0) is 16.9. The topological polar surface area (TPSA) is 56.0 Å². The van der Waals surface area contributed by atoms with Crippen molar-refractivity contribution in [3.8, 4) is 11.3 Å². The molecule has 0 aliphatic carbocycles. The summed E-state index contributed by atoms with van der Waals surface area (Å²) in [7, 11) is 0. The minimum absolute atomic E-state index is 0.00424. The number of hydrogen-bond donors (Lipinski definition) is 1. The first-order valence-electron chi connectivity index (χ1n) is 6.17. The number of halogens is 4. The summed E-state index contributed by atoms with van der Waals surface area (Å²) in [5.41, 5.74) is 5.68. The molecule has 3 nitrogen and oxygen atoms in total. The third-order valence-electron chi connectivity index (χ3n) is 2.46. The van der Waals surface area contributed by atoms with Crippen LogP contribution < -0.4 is 5.73 Å². The van der Waals surface area contributed by atoms with Gasteiger partial charge in [0.05, 0.1) is 16.3 Å². The second-order valence-electron chi connectivity index (χ2n) is 4.53. The molecule has 1 aromatic heterocycles. The fourth-order valence-corrected chi connectivity index (χ4v) is 1.87. The summed E-state index contributed by atoms with van der Waals surface area (Å²) in [4.78, 5) is 13.0. The highest BCUT2D eigenvalue weighted by Gasteiger charge is 2.31. The Bertz CT molecular complexity index is 668. The molecule has 0 unspecified atom stereocenters. The second-order valence-corrected chi connectivity index (χ2v) is 4.94. The van der Waals surface area contributed by atoms with Crippen molar-refractivity contribution in [1.29, 1.82) is 0 Å². The van der Waals surface area contributed by atoms with E-state index in [1.165, 1.54) is 6.92 Å². The van der Waals surface area contributed by atoms with E-state index in [-0.39, 0.29) is 10.9 Å². The summed E-state index contributed by atoms with van der Waals surface area (Å²) in [6.45, 7) is 3.20. The van der Waals surface area contributed by atoms with Crippen LogP contribution in [0.1, 0.15) is 18.1 Å². The molecule has 0 saturated carbocycles. The summed E-state index contributed by atoms with van der Waals surface area (Å²) >= 11 is 5.86. The van der Waals surface area contributed by atoms with Crippen molar-refractivity contribution in [2.45, 2.75) is 20.0 Å². The lowest BCUT2D eigenvalue weighted by atomic mass is 10.1. The number of amides is 1. The van der Waals surface area contributed by atoms with Crippen LogP contribution in [0.15, 0.2) is 36.5 Å². The van der Waals surface area contributed by atoms with Gasteiger partial charge in [0.1, 0.15) is 0 Å². The molecule has 118 valence electrons. The third-order valence-corrected chi connectivity index (χ3v) is 2.75. The Balaban J connectivity index is 0.000000541. The predicted molar refractivity (Wildman–Crippen MR) is 79.3 cm³/mol. The van der Waals surface area contributed by atoms with Crippen LogP contribution in [0.2, 0.25) is 5.02 Å². The minimum Gasteiger partial charge on any atom is -0.370 e. The van der Waals surface area contributed by atoms with E-state index in [9.17, 15) is 18.0 Å². The van der Waals surface area contributed by atoms with Gasteiger partial charge in [-0.25, -0.2) is 0 Å². The van der Waals surface area contributed by atoms with Gasteiger partial charge < -0.3 is 5.73 Å². The first-order valence-corrected chi connectivity index (χ1v) is 6.55. The van der Waals surface area contributed by atoms with Gasteiger partial charge in [-0.3, -0.25) is 9.78 Å². The summed E-state index contributed by atoms with van der Waals surface area (Å²) < 4.78 is 37.4. The number of pyridine rings is 1. The lowest BCUT2D eigenvalue weighted by Crippen LogP contribution is -2.05. The second kappa shape index (κ2) is 7.26. The number of hydrogen-bond acceptors (Lipinski definition) is 2. The number of nitrogens with zero attached hydrogens (tertiary/aromatic N) is 1. The Morgan fingerprint density at radius 2 is 1.86 bits per heavy atom. The van der Waals surface area contributed by atoms with Crippen molar-refractivity contribution in [2.24, 2.45) is 5.73 Å². The van der Waals surface area contributed by atoms with Crippen LogP contribution >= 0.6 is 11.6 Å². The predicted octanol–water partition coefficient (Wildman–Crippen LogP) is 4.22. The van der Waals surface area contributed by atoms with Gasteiger partial charge in [0.2, 0.25) is 5.91 Å². The van der Waals surface area contributed by atoms with Crippen molar-refractivity contribution in [3.63, 3.8) is 0 Å². The number of benzene rings is 1. The summed E-state index contributed by atoms with van der Waals surface area (Å²) in [6.07, 6.45) is -3.63. The lowest BCUT2D eigenvalue weighted by Gasteiger charge is -2.09. The molecule has 2 rings (SSSR count). The van der Waals surface area contributed by atoms with E-state index in [4.69, 9.17) is 11.6 Å². The Kier molecular flexibility index (Phi) is 5.93. The maximum atomic E-state index is 12.5. The Hall–Kier alpha value is -2.08. The molecule has 1 amide bonds. The van der Waals surface area contributed by atoms with Gasteiger partial charge in [0.15, 0.2) is 0 Å². The zero-order valence-electron chi connectivity index (χ0n) is 11.9. The average molecular weight is 331 g/mol. The number of aromatic nitrogens is 1. The van der Waals surface area contributed by atoms with Crippen molar-refractivity contribution in [1.82, 2.24) is 4.98 Å². The molecular weight excluding hydrogens is 317 g/mol. The van der Waals surface area contributed by atoms with E-state index in [2.05, 4.69) is 10.7 Å². The Morgan fingerprint density at radius 1 is 1.27 bits per heavy atom. The molecule has 0 bridgehead atoms. The van der Waals surface area contributed by atoms with E-state index in [1.54, 1.807) is 12.1 Å². The van der Waals surface area contributed by atoms with Crippen molar-refractivity contribution >= 4 is 17.5 Å². The highest BCUT2D eigenvalue weighted by atomic mass is 35.5. The number of carbonyl (C=O) groups is 1. The molecule has 0 radical (unpaired) electrons. The zero-order valence-corrected chi connectivity index (χ0v) is 12.7. The maximum absolute atomic E-state index is 12.5. The average Bonchev–Trinajstić information content (AvgIpc) is 2.36. The van der Waals surface area contributed by atoms with E-state index in [1.807, 2.05) is 19.1 Å². The number of carbonyl (C=O) groups excluding carboxylic acids is 1.